The minimum Gasteiger partial charge on any atom is -0.207 e. The van der Waals surface area contributed by atoms with Gasteiger partial charge in [-0.1, -0.05) is 25.5 Å². The lowest BCUT2D eigenvalue weighted by Gasteiger charge is -2.28. The van der Waals surface area contributed by atoms with Crippen LogP contribution >= 0.6 is 0 Å². The van der Waals surface area contributed by atoms with Crippen LogP contribution in [0.5, 0.6) is 0 Å². The highest BCUT2D eigenvalue weighted by molar-refractivity contribution is 5.72. The highest BCUT2D eigenvalue weighted by Crippen LogP contribution is 2.39. The molecule has 0 heterocycles. The van der Waals surface area contributed by atoms with E-state index in [2.05, 4.69) is 6.92 Å². The largest absolute Gasteiger partial charge is 0.207 e. The number of hydrogen-bond donors (Lipinski definition) is 0. The molecule has 0 aromatic heterocycles. The van der Waals surface area contributed by atoms with Gasteiger partial charge in [0.15, 0.2) is 0 Å². The molecule has 0 spiro atoms. The SMILES string of the molecule is CCC1CCC(c2cc(F)c(-c3ccc(-c4cc(F)c(C)c(F)c4)c(F)c3)c(F)c2)CC1. The van der Waals surface area contributed by atoms with Crippen LogP contribution in [0.4, 0.5) is 22.0 Å². The molecule has 4 rings (SSSR count). The van der Waals surface area contributed by atoms with Crippen molar-refractivity contribution in [1.82, 2.24) is 0 Å². The minimum absolute atomic E-state index is 0.0219. The molecule has 3 aromatic rings. The number of benzene rings is 3. The monoisotopic (exact) mass is 444 g/mol. The maximum absolute atomic E-state index is 14.9. The molecule has 1 saturated carbocycles. The van der Waals surface area contributed by atoms with Crippen LogP contribution < -0.4 is 0 Å². The van der Waals surface area contributed by atoms with Gasteiger partial charge in [-0.2, -0.15) is 0 Å². The maximum Gasteiger partial charge on any atom is 0.134 e. The summed E-state index contributed by atoms with van der Waals surface area (Å²) in [6, 6.07) is 8.44. The quantitative estimate of drug-likeness (QED) is 0.353. The molecule has 3 aromatic carbocycles. The zero-order valence-corrected chi connectivity index (χ0v) is 18.1. The Morgan fingerprint density at radius 2 is 1.25 bits per heavy atom. The molecule has 0 atom stereocenters. The van der Waals surface area contributed by atoms with Crippen LogP contribution in [0, 0.1) is 41.9 Å². The minimum atomic E-state index is -0.814. The summed E-state index contributed by atoms with van der Waals surface area (Å²) in [6.45, 7) is 3.45. The van der Waals surface area contributed by atoms with E-state index in [4.69, 9.17) is 0 Å². The highest BCUT2D eigenvalue weighted by atomic mass is 19.1. The number of hydrogen-bond acceptors (Lipinski definition) is 0. The van der Waals surface area contributed by atoms with Gasteiger partial charge >= 0.3 is 0 Å². The van der Waals surface area contributed by atoms with Gasteiger partial charge in [0.25, 0.3) is 0 Å². The third-order valence-electron chi connectivity index (χ3n) is 6.81. The van der Waals surface area contributed by atoms with Gasteiger partial charge in [0.2, 0.25) is 0 Å². The fraction of sp³-hybridized carbons (Fsp3) is 0.333. The Hall–Kier alpha value is -2.69. The van der Waals surface area contributed by atoms with Crippen LogP contribution in [-0.4, -0.2) is 0 Å². The van der Waals surface area contributed by atoms with Crippen LogP contribution in [0.25, 0.3) is 22.3 Å². The van der Waals surface area contributed by atoms with Crippen molar-refractivity contribution in [2.75, 3.05) is 0 Å². The van der Waals surface area contributed by atoms with E-state index in [9.17, 15) is 22.0 Å². The van der Waals surface area contributed by atoms with Crippen LogP contribution in [0.3, 0.4) is 0 Å². The van der Waals surface area contributed by atoms with Gasteiger partial charge in [0.1, 0.15) is 29.1 Å². The molecule has 5 heteroatoms. The Morgan fingerprint density at radius 3 is 1.78 bits per heavy atom. The molecule has 0 aliphatic heterocycles. The molecule has 0 radical (unpaired) electrons. The second-order valence-electron chi connectivity index (χ2n) is 8.74. The molecule has 0 unspecified atom stereocenters. The zero-order valence-electron chi connectivity index (χ0n) is 18.1. The Labute approximate surface area is 185 Å². The third-order valence-corrected chi connectivity index (χ3v) is 6.81. The fourth-order valence-electron chi connectivity index (χ4n) is 4.71. The van der Waals surface area contributed by atoms with Gasteiger partial charge in [0, 0.05) is 11.1 Å². The Balaban J connectivity index is 1.65. The third kappa shape index (κ3) is 4.30. The van der Waals surface area contributed by atoms with E-state index in [-0.39, 0.29) is 33.7 Å². The lowest BCUT2D eigenvalue weighted by molar-refractivity contribution is 0.318. The highest BCUT2D eigenvalue weighted by Gasteiger charge is 2.24. The van der Waals surface area contributed by atoms with E-state index in [0.717, 1.165) is 50.3 Å². The predicted octanol–water partition coefficient (Wildman–Crippen LogP) is 8.71. The summed E-state index contributed by atoms with van der Waals surface area (Å²) in [4.78, 5) is 0. The second kappa shape index (κ2) is 9.05. The maximum atomic E-state index is 14.9. The molecule has 1 fully saturated rings. The Bertz CT molecular complexity index is 1100. The number of halogens is 5. The van der Waals surface area contributed by atoms with Gasteiger partial charge in [-0.05, 0) is 91.5 Å². The van der Waals surface area contributed by atoms with Crippen LogP contribution in [-0.2, 0) is 0 Å². The molecular weight excluding hydrogens is 419 g/mol. The lowest BCUT2D eigenvalue weighted by atomic mass is 9.77. The summed E-state index contributed by atoms with van der Waals surface area (Å²) in [6.07, 6.45) is 5.04. The van der Waals surface area contributed by atoms with Crippen molar-refractivity contribution in [3.8, 4) is 22.3 Å². The van der Waals surface area contributed by atoms with E-state index >= 15 is 0 Å². The van der Waals surface area contributed by atoms with Crippen molar-refractivity contribution >= 4 is 0 Å². The molecule has 168 valence electrons. The van der Waals surface area contributed by atoms with Crippen LogP contribution in [0.1, 0.15) is 56.1 Å². The summed E-state index contributed by atoms with van der Waals surface area (Å²) in [5.41, 5.74) is 0.197. The average Bonchev–Trinajstić information content (AvgIpc) is 2.77. The van der Waals surface area contributed by atoms with Crippen LogP contribution in [0.15, 0.2) is 42.5 Å². The standard InChI is InChI=1S/C27H25F5/c1-3-16-4-6-17(7-5-16)19-11-25(31)27(26(32)12-19)18-8-9-21(24(30)10-18)20-13-22(28)15(2)23(29)14-20/h8-14,16-17H,3-7H2,1-2H3. The summed E-state index contributed by atoms with van der Waals surface area (Å²) in [5, 5.41) is 0. The molecule has 1 aliphatic carbocycles. The normalized spacial score (nSPS) is 18.7. The first kappa shape index (κ1) is 22.5. The molecule has 0 bridgehead atoms. The molecule has 1 aliphatic rings. The molecular formula is C27H25F5. The van der Waals surface area contributed by atoms with Crippen molar-refractivity contribution in [3.63, 3.8) is 0 Å². The topological polar surface area (TPSA) is 0 Å². The Kier molecular flexibility index (Phi) is 6.36. The van der Waals surface area contributed by atoms with Crippen molar-refractivity contribution in [2.45, 2.75) is 51.9 Å². The zero-order chi connectivity index (χ0) is 23.0. The van der Waals surface area contributed by atoms with Crippen molar-refractivity contribution in [2.24, 2.45) is 5.92 Å². The van der Waals surface area contributed by atoms with E-state index < -0.39 is 29.1 Å². The fourth-order valence-corrected chi connectivity index (χ4v) is 4.71. The number of rotatable bonds is 4. The second-order valence-corrected chi connectivity index (χ2v) is 8.74. The van der Waals surface area contributed by atoms with Gasteiger partial charge in [-0.25, -0.2) is 22.0 Å². The summed E-state index contributed by atoms with van der Waals surface area (Å²) < 4.78 is 72.4. The van der Waals surface area contributed by atoms with Gasteiger partial charge in [0.05, 0.1) is 5.56 Å². The molecule has 32 heavy (non-hydrogen) atoms. The molecule has 0 amide bonds. The van der Waals surface area contributed by atoms with E-state index in [0.29, 0.717) is 11.5 Å². The summed E-state index contributed by atoms with van der Waals surface area (Å²) in [7, 11) is 0. The predicted molar refractivity (Wildman–Crippen MR) is 117 cm³/mol. The van der Waals surface area contributed by atoms with Gasteiger partial charge in [-0.3, -0.25) is 0 Å². The van der Waals surface area contributed by atoms with Gasteiger partial charge < -0.3 is 0 Å². The van der Waals surface area contributed by atoms with Gasteiger partial charge in [-0.15, -0.1) is 0 Å². The molecule has 0 nitrogen and oxygen atoms in total. The molecule has 0 N–H and O–H groups in total. The average molecular weight is 444 g/mol. The van der Waals surface area contributed by atoms with E-state index in [1.807, 2.05) is 0 Å². The van der Waals surface area contributed by atoms with Crippen molar-refractivity contribution in [1.29, 1.82) is 0 Å². The van der Waals surface area contributed by atoms with Crippen molar-refractivity contribution in [3.05, 3.63) is 82.7 Å². The summed E-state index contributed by atoms with van der Waals surface area (Å²) in [5.74, 6) is -3.06. The first-order chi connectivity index (χ1) is 15.3. The van der Waals surface area contributed by atoms with E-state index in [1.165, 1.54) is 31.2 Å². The summed E-state index contributed by atoms with van der Waals surface area (Å²) >= 11 is 0. The smallest absolute Gasteiger partial charge is 0.134 e. The van der Waals surface area contributed by atoms with Crippen molar-refractivity contribution < 1.29 is 22.0 Å². The van der Waals surface area contributed by atoms with Crippen LogP contribution in [0.2, 0.25) is 0 Å². The van der Waals surface area contributed by atoms with E-state index in [1.54, 1.807) is 0 Å². The Morgan fingerprint density at radius 1 is 0.688 bits per heavy atom. The first-order valence-electron chi connectivity index (χ1n) is 11.0. The lowest BCUT2D eigenvalue weighted by Crippen LogP contribution is -2.13. The molecule has 0 saturated heterocycles. The first-order valence-corrected chi connectivity index (χ1v) is 11.0.